The second-order valence-electron chi connectivity index (χ2n) is 5.94. The van der Waals surface area contributed by atoms with Gasteiger partial charge < -0.3 is 5.32 Å². The van der Waals surface area contributed by atoms with Gasteiger partial charge in [-0.25, -0.2) is 13.1 Å². The second-order valence-corrected chi connectivity index (χ2v) is 7.71. The minimum Gasteiger partial charge on any atom is -0.326 e. The molecule has 0 unspecified atom stereocenters. The predicted molar refractivity (Wildman–Crippen MR) is 100 cm³/mol. The second kappa shape index (κ2) is 8.27. The minimum atomic E-state index is -3.44. The fraction of sp³-hybridized carbons (Fsp3) is 0.316. The van der Waals surface area contributed by atoms with Crippen LogP contribution in [0.3, 0.4) is 0 Å². The number of sulfonamides is 1. The normalized spacial score (nSPS) is 11.3. The molecule has 2 aromatic rings. The van der Waals surface area contributed by atoms with Gasteiger partial charge in [0.1, 0.15) is 0 Å². The van der Waals surface area contributed by atoms with Crippen LogP contribution in [0.5, 0.6) is 0 Å². The lowest BCUT2D eigenvalue weighted by molar-refractivity contribution is -0.116. The maximum Gasteiger partial charge on any atom is 0.240 e. The van der Waals surface area contributed by atoms with Gasteiger partial charge in [-0.05, 0) is 55.2 Å². The van der Waals surface area contributed by atoms with Crippen LogP contribution in [0, 0.1) is 13.8 Å². The topological polar surface area (TPSA) is 75.3 Å². The van der Waals surface area contributed by atoms with Gasteiger partial charge >= 0.3 is 0 Å². The van der Waals surface area contributed by atoms with Gasteiger partial charge in [-0.2, -0.15) is 0 Å². The Bertz CT molecular complexity index is 843. The van der Waals surface area contributed by atoms with Crippen LogP contribution in [0.25, 0.3) is 0 Å². The molecule has 134 valence electrons. The summed E-state index contributed by atoms with van der Waals surface area (Å²) in [5.41, 5.74) is 3.95. The molecule has 0 aliphatic rings. The third-order valence-electron chi connectivity index (χ3n) is 4.09. The van der Waals surface area contributed by atoms with E-state index in [9.17, 15) is 13.2 Å². The van der Waals surface area contributed by atoms with Crippen molar-refractivity contribution in [2.45, 2.75) is 38.5 Å². The number of aryl methyl sites for hydroxylation is 2. The largest absolute Gasteiger partial charge is 0.326 e. The first-order valence-electron chi connectivity index (χ1n) is 8.28. The molecule has 0 saturated carbocycles. The summed E-state index contributed by atoms with van der Waals surface area (Å²) >= 11 is 0. The van der Waals surface area contributed by atoms with Crippen LogP contribution in [0.1, 0.15) is 30.0 Å². The van der Waals surface area contributed by atoms with E-state index in [4.69, 9.17) is 0 Å². The molecule has 6 heteroatoms. The van der Waals surface area contributed by atoms with Gasteiger partial charge in [0.2, 0.25) is 15.9 Å². The first kappa shape index (κ1) is 19.1. The molecule has 2 aromatic carbocycles. The van der Waals surface area contributed by atoms with Gasteiger partial charge in [0, 0.05) is 18.7 Å². The molecule has 0 saturated heterocycles. The average molecular weight is 360 g/mol. The summed E-state index contributed by atoms with van der Waals surface area (Å²) in [4.78, 5) is 12.4. The van der Waals surface area contributed by atoms with Gasteiger partial charge in [-0.1, -0.05) is 31.2 Å². The summed E-state index contributed by atoms with van der Waals surface area (Å²) in [5.74, 6) is -0.0574. The molecule has 2 rings (SSSR count). The number of nitrogens with one attached hydrogen (secondary N) is 2. The summed E-state index contributed by atoms with van der Waals surface area (Å²) < 4.78 is 26.2. The molecule has 0 atom stereocenters. The molecule has 0 radical (unpaired) electrons. The molecule has 0 aromatic heterocycles. The van der Waals surface area contributed by atoms with Crippen molar-refractivity contribution in [2.75, 3.05) is 11.9 Å². The van der Waals surface area contributed by atoms with Crippen molar-refractivity contribution in [3.05, 3.63) is 59.2 Å². The van der Waals surface area contributed by atoms with Crippen LogP contribution in [0.4, 0.5) is 5.69 Å². The van der Waals surface area contributed by atoms with Crippen molar-refractivity contribution in [1.29, 1.82) is 0 Å². The van der Waals surface area contributed by atoms with E-state index >= 15 is 0 Å². The maximum absolute atomic E-state index is 12.1. The van der Waals surface area contributed by atoms with E-state index in [-0.39, 0.29) is 10.8 Å². The van der Waals surface area contributed by atoms with Gasteiger partial charge in [0.05, 0.1) is 4.90 Å². The van der Waals surface area contributed by atoms with E-state index in [1.165, 1.54) is 0 Å². The summed E-state index contributed by atoms with van der Waals surface area (Å²) in [6.07, 6.45) is 0.894. The van der Waals surface area contributed by atoms with E-state index in [2.05, 4.69) is 10.0 Å². The Hall–Kier alpha value is -2.18. The zero-order valence-electron chi connectivity index (χ0n) is 14.8. The molecular formula is C19H24N2O3S. The van der Waals surface area contributed by atoms with Crippen LogP contribution in [0.15, 0.2) is 47.4 Å². The average Bonchev–Trinajstić information content (AvgIpc) is 2.57. The zero-order chi connectivity index (χ0) is 18.4. The fourth-order valence-corrected chi connectivity index (χ4v) is 3.51. The highest BCUT2D eigenvalue weighted by Gasteiger charge is 2.12. The highest BCUT2D eigenvalue weighted by atomic mass is 32.2. The maximum atomic E-state index is 12.1. The smallest absolute Gasteiger partial charge is 0.240 e. The highest BCUT2D eigenvalue weighted by Crippen LogP contribution is 2.18. The summed E-state index contributed by atoms with van der Waals surface area (Å²) in [5, 5.41) is 2.93. The van der Waals surface area contributed by atoms with E-state index < -0.39 is 10.0 Å². The minimum absolute atomic E-state index is 0.0574. The van der Waals surface area contributed by atoms with Crippen LogP contribution in [-0.2, 0) is 21.2 Å². The summed E-state index contributed by atoms with van der Waals surface area (Å²) in [6.45, 7) is 6.07. The first-order chi connectivity index (χ1) is 11.8. The molecule has 0 aliphatic heterocycles. The summed E-state index contributed by atoms with van der Waals surface area (Å²) in [7, 11) is -3.44. The molecule has 0 spiro atoms. The van der Waals surface area contributed by atoms with Crippen LogP contribution < -0.4 is 10.0 Å². The third kappa shape index (κ3) is 5.14. The van der Waals surface area contributed by atoms with E-state index in [0.29, 0.717) is 19.4 Å². The number of hydrogen-bond acceptors (Lipinski definition) is 3. The number of anilines is 1. The van der Waals surface area contributed by atoms with Gasteiger partial charge in [0.15, 0.2) is 0 Å². The first-order valence-corrected chi connectivity index (χ1v) is 9.76. The Kier molecular flexibility index (Phi) is 6.33. The lowest BCUT2D eigenvalue weighted by atomic mass is 10.1. The lowest BCUT2D eigenvalue weighted by Crippen LogP contribution is -2.23. The molecule has 5 nitrogen and oxygen atoms in total. The van der Waals surface area contributed by atoms with E-state index in [0.717, 1.165) is 22.4 Å². The van der Waals surface area contributed by atoms with Gasteiger partial charge in [-0.15, -0.1) is 0 Å². The van der Waals surface area contributed by atoms with Crippen molar-refractivity contribution < 1.29 is 13.2 Å². The number of rotatable bonds is 7. The Morgan fingerprint density at radius 1 is 1.04 bits per heavy atom. The molecule has 0 heterocycles. The number of carbonyl (C=O) groups is 1. The molecule has 0 aliphatic carbocycles. The van der Waals surface area contributed by atoms with Crippen LogP contribution in [-0.4, -0.2) is 20.9 Å². The predicted octanol–water partition coefficient (Wildman–Crippen LogP) is 3.17. The van der Waals surface area contributed by atoms with Crippen LogP contribution in [0.2, 0.25) is 0 Å². The Morgan fingerprint density at radius 2 is 1.72 bits per heavy atom. The third-order valence-corrected chi connectivity index (χ3v) is 5.65. The highest BCUT2D eigenvalue weighted by molar-refractivity contribution is 7.89. The molecule has 0 bridgehead atoms. The lowest BCUT2D eigenvalue weighted by Gasteiger charge is -2.10. The van der Waals surface area contributed by atoms with Gasteiger partial charge in [-0.3, -0.25) is 4.79 Å². The van der Waals surface area contributed by atoms with Gasteiger partial charge in [0.25, 0.3) is 0 Å². The molecule has 0 fully saturated rings. The Balaban J connectivity index is 1.95. The van der Waals surface area contributed by atoms with Crippen molar-refractivity contribution in [2.24, 2.45) is 0 Å². The van der Waals surface area contributed by atoms with E-state index in [1.807, 2.05) is 32.0 Å². The standard InChI is InChI=1S/C19H24N2O3S/c1-4-20-25(23,24)17-11-8-16(9-12-17)10-13-19(22)21-18-7-5-6-14(2)15(18)3/h5-9,11-12,20H,4,10,13H2,1-3H3,(H,21,22). The summed E-state index contributed by atoms with van der Waals surface area (Å²) in [6, 6.07) is 12.4. The fourth-order valence-electron chi connectivity index (χ4n) is 2.47. The van der Waals surface area contributed by atoms with Crippen LogP contribution >= 0.6 is 0 Å². The number of amides is 1. The molecule has 25 heavy (non-hydrogen) atoms. The Morgan fingerprint density at radius 3 is 2.36 bits per heavy atom. The quantitative estimate of drug-likeness (QED) is 0.796. The van der Waals surface area contributed by atoms with Crippen molar-refractivity contribution in [3.8, 4) is 0 Å². The van der Waals surface area contributed by atoms with E-state index in [1.54, 1.807) is 31.2 Å². The number of hydrogen-bond donors (Lipinski definition) is 2. The Labute approximate surface area is 149 Å². The number of carbonyl (C=O) groups excluding carboxylic acids is 1. The molecule has 2 N–H and O–H groups in total. The monoisotopic (exact) mass is 360 g/mol. The van der Waals surface area contributed by atoms with Crippen molar-refractivity contribution in [3.63, 3.8) is 0 Å². The SMILES string of the molecule is CCNS(=O)(=O)c1ccc(CCC(=O)Nc2cccc(C)c2C)cc1. The zero-order valence-corrected chi connectivity index (χ0v) is 15.6. The van der Waals surface area contributed by atoms with Crippen molar-refractivity contribution >= 4 is 21.6 Å². The van der Waals surface area contributed by atoms with Crippen molar-refractivity contribution in [1.82, 2.24) is 4.72 Å². The molecular weight excluding hydrogens is 336 g/mol. The molecule has 1 amide bonds. The number of benzene rings is 2.